The molecule has 1 saturated heterocycles. The summed E-state index contributed by atoms with van der Waals surface area (Å²) in [5.41, 5.74) is 0. The van der Waals surface area contributed by atoms with E-state index in [2.05, 4.69) is 0 Å². The fourth-order valence-electron chi connectivity index (χ4n) is 2.34. The highest BCUT2D eigenvalue weighted by Crippen LogP contribution is 2.29. The van der Waals surface area contributed by atoms with Crippen LogP contribution in [0.2, 0.25) is 5.02 Å². The summed E-state index contributed by atoms with van der Waals surface area (Å²) in [6.45, 7) is 0.299. The normalized spacial score (nSPS) is 20.6. The summed E-state index contributed by atoms with van der Waals surface area (Å²) in [4.78, 5) is 11.8. The molecule has 1 atom stereocenters. The number of carbonyl (C=O) groups excluding carboxylic acids is 1. The van der Waals surface area contributed by atoms with E-state index in [-0.39, 0.29) is 9.92 Å². The maximum absolute atomic E-state index is 12.7. The SMILES string of the molecule is COC(=O)[C@H]1CCCCN1S(=O)(=O)c1ccccc1Cl. The van der Waals surface area contributed by atoms with Gasteiger partial charge in [-0.2, -0.15) is 4.31 Å². The quantitative estimate of drug-likeness (QED) is 0.800. The zero-order chi connectivity index (χ0) is 14.8. The fraction of sp³-hybridized carbons (Fsp3) is 0.462. The molecule has 1 aliphatic rings. The first-order chi connectivity index (χ1) is 9.48. The molecule has 5 nitrogen and oxygen atoms in total. The molecule has 0 aromatic heterocycles. The molecule has 2 rings (SSSR count). The Balaban J connectivity index is 2.41. The maximum atomic E-state index is 12.7. The van der Waals surface area contributed by atoms with Gasteiger partial charge in [-0.3, -0.25) is 4.79 Å². The van der Waals surface area contributed by atoms with Crippen molar-refractivity contribution in [3.05, 3.63) is 29.3 Å². The number of carbonyl (C=O) groups is 1. The number of sulfonamides is 1. The van der Waals surface area contributed by atoms with Gasteiger partial charge in [0, 0.05) is 6.54 Å². The summed E-state index contributed by atoms with van der Waals surface area (Å²) in [5, 5.41) is 0.154. The number of halogens is 1. The molecule has 0 aliphatic carbocycles. The van der Waals surface area contributed by atoms with Gasteiger partial charge in [-0.1, -0.05) is 23.7 Å². The highest BCUT2D eigenvalue weighted by atomic mass is 35.5. The van der Waals surface area contributed by atoms with Crippen molar-refractivity contribution in [2.24, 2.45) is 0 Å². The molecule has 1 aromatic carbocycles. The van der Waals surface area contributed by atoms with Crippen molar-refractivity contribution < 1.29 is 17.9 Å². The smallest absolute Gasteiger partial charge is 0.324 e. The minimum atomic E-state index is -3.80. The van der Waals surface area contributed by atoms with Crippen molar-refractivity contribution >= 4 is 27.6 Å². The van der Waals surface area contributed by atoms with E-state index < -0.39 is 22.0 Å². The molecule has 0 amide bonds. The highest BCUT2D eigenvalue weighted by molar-refractivity contribution is 7.89. The Morgan fingerprint density at radius 1 is 1.35 bits per heavy atom. The fourth-order valence-corrected chi connectivity index (χ4v) is 4.49. The lowest BCUT2D eigenvalue weighted by atomic mass is 10.1. The number of methoxy groups -OCH3 is 1. The molecule has 0 unspecified atom stereocenters. The second-order valence-electron chi connectivity index (χ2n) is 4.58. The molecular weight excluding hydrogens is 302 g/mol. The third-order valence-electron chi connectivity index (χ3n) is 3.35. The number of esters is 1. The third-order valence-corrected chi connectivity index (χ3v) is 5.76. The predicted molar refractivity (Wildman–Crippen MR) is 75.0 cm³/mol. The maximum Gasteiger partial charge on any atom is 0.324 e. The van der Waals surface area contributed by atoms with Gasteiger partial charge in [0.15, 0.2) is 0 Å². The van der Waals surface area contributed by atoms with Gasteiger partial charge in [-0.05, 0) is 31.4 Å². The summed E-state index contributed by atoms with van der Waals surface area (Å²) in [7, 11) is -2.54. The molecule has 0 radical (unpaired) electrons. The minimum absolute atomic E-state index is 0.0254. The van der Waals surface area contributed by atoms with Crippen LogP contribution in [-0.4, -0.2) is 38.4 Å². The second kappa shape index (κ2) is 6.11. The number of benzene rings is 1. The number of rotatable bonds is 3. The highest BCUT2D eigenvalue weighted by Gasteiger charge is 2.38. The summed E-state index contributed by atoms with van der Waals surface area (Å²) in [6.07, 6.45) is 1.99. The molecular formula is C13H16ClNO4S. The Morgan fingerprint density at radius 2 is 2.05 bits per heavy atom. The minimum Gasteiger partial charge on any atom is -0.468 e. The van der Waals surface area contributed by atoms with Gasteiger partial charge in [0.1, 0.15) is 10.9 Å². The van der Waals surface area contributed by atoms with Crippen molar-refractivity contribution in [1.29, 1.82) is 0 Å². The van der Waals surface area contributed by atoms with Gasteiger partial charge in [-0.15, -0.1) is 0 Å². The van der Waals surface area contributed by atoms with Crippen LogP contribution in [0.3, 0.4) is 0 Å². The molecule has 0 bridgehead atoms. The number of hydrogen-bond acceptors (Lipinski definition) is 4. The first-order valence-corrected chi connectivity index (χ1v) is 8.14. The van der Waals surface area contributed by atoms with E-state index in [0.717, 1.165) is 12.8 Å². The van der Waals surface area contributed by atoms with Crippen LogP contribution in [0.1, 0.15) is 19.3 Å². The predicted octanol–water partition coefficient (Wildman–Crippen LogP) is 2.06. The van der Waals surface area contributed by atoms with Crippen molar-refractivity contribution in [3.63, 3.8) is 0 Å². The number of ether oxygens (including phenoxy) is 1. The van der Waals surface area contributed by atoms with Crippen molar-refractivity contribution in [1.82, 2.24) is 4.31 Å². The average molecular weight is 318 g/mol. The van der Waals surface area contributed by atoms with E-state index in [0.29, 0.717) is 13.0 Å². The lowest BCUT2D eigenvalue weighted by Gasteiger charge is -2.32. The molecule has 110 valence electrons. The largest absolute Gasteiger partial charge is 0.468 e. The van der Waals surface area contributed by atoms with Crippen LogP contribution in [-0.2, 0) is 19.6 Å². The molecule has 0 N–H and O–H groups in total. The van der Waals surface area contributed by atoms with Gasteiger partial charge in [0.25, 0.3) is 0 Å². The van der Waals surface area contributed by atoms with E-state index in [9.17, 15) is 13.2 Å². The molecule has 1 aliphatic heterocycles. The van der Waals surface area contributed by atoms with Gasteiger partial charge < -0.3 is 4.74 Å². The Labute approximate surface area is 123 Å². The molecule has 0 spiro atoms. The molecule has 20 heavy (non-hydrogen) atoms. The third kappa shape index (κ3) is 2.82. The standard InChI is InChI=1S/C13H16ClNO4S/c1-19-13(16)11-7-4-5-9-15(11)20(17,18)12-8-3-2-6-10(12)14/h2-3,6,8,11H,4-5,7,9H2,1H3/t11-/m1/s1. The van der Waals surface area contributed by atoms with Crippen LogP contribution < -0.4 is 0 Å². The Morgan fingerprint density at radius 3 is 2.70 bits per heavy atom. The van der Waals surface area contributed by atoms with Crippen LogP contribution in [0, 0.1) is 0 Å². The van der Waals surface area contributed by atoms with Crippen LogP contribution in [0.5, 0.6) is 0 Å². The molecule has 7 heteroatoms. The van der Waals surface area contributed by atoms with E-state index in [4.69, 9.17) is 16.3 Å². The molecule has 0 saturated carbocycles. The topological polar surface area (TPSA) is 63.7 Å². The van der Waals surface area contributed by atoms with Crippen LogP contribution in [0.25, 0.3) is 0 Å². The number of piperidine rings is 1. The van der Waals surface area contributed by atoms with Gasteiger partial charge in [-0.25, -0.2) is 8.42 Å². The van der Waals surface area contributed by atoms with E-state index in [1.54, 1.807) is 12.1 Å². The average Bonchev–Trinajstić information content (AvgIpc) is 2.46. The van der Waals surface area contributed by atoms with Crippen molar-refractivity contribution in [2.45, 2.75) is 30.2 Å². The Hall–Kier alpha value is -1.11. The van der Waals surface area contributed by atoms with Crippen LogP contribution in [0.15, 0.2) is 29.2 Å². The first-order valence-electron chi connectivity index (χ1n) is 6.32. The second-order valence-corrected chi connectivity index (χ2v) is 6.85. The summed E-state index contributed by atoms with van der Waals surface area (Å²) >= 11 is 5.97. The van der Waals surface area contributed by atoms with Crippen LogP contribution in [0.4, 0.5) is 0 Å². The summed E-state index contributed by atoms with van der Waals surface area (Å²) in [6, 6.07) is 5.46. The number of hydrogen-bond donors (Lipinski definition) is 0. The lowest BCUT2D eigenvalue weighted by Crippen LogP contribution is -2.48. The van der Waals surface area contributed by atoms with Crippen molar-refractivity contribution in [2.75, 3.05) is 13.7 Å². The monoisotopic (exact) mass is 317 g/mol. The van der Waals surface area contributed by atoms with E-state index in [1.807, 2.05) is 0 Å². The molecule has 1 aromatic rings. The Bertz CT molecular complexity index is 602. The summed E-state index contributed by atoms with van der Waals surface area (Å²) < 4.78 is 31.2. The molecule has 1 heterocycles. The zero-order valence-corrected chi connectivity index (χ0v) is 12.7. The number of nitrogens with zero attached hydrogens (tertiary/aromatic N) is 1. The van der Waals surface area contributed by atoms with Gasteiger partial charge in [0.05, 0.1) is 12.1 Å². The Kier molecular flexibility index (Phi) is 4.67. The van der Waals surface area contributed by atoms with Crippen LogP contribution >= 0.6 is 11.6 Å². The van der Waals surface area contributed by atoms with Crippen molar-refractivity contribution in [3.8, 4) is 0 Å². The van der Waals surface area contributed by atoms with Gasteiger partial charge >= 0.3 is 5.97 Å². The van der Waals surface area contributed by atoms with E-state index >= 15 is 0 Å². The van der Waals surface area contributed by atoms with E-state index in [1.165, 1.54) is 23.5 Å². The van der Waals surface area contributed by atoms with Gasteiger partial charge in [0.2, 0.25) is 10.0 Å². The first kappa shape index (κ1) is 15.3. The zero-order valence-electron chi connectivity index (χ0n) is 11.1. The summed E-state index contributed by atoms with van der Waals surface area (Å²) in [5.74, 6) is -0.527. The molecule has 1 fully saturated rings. The lowest BCUT2D eigenvalue weighted by molar-refractivity contribution is -0.146.